The predicted molar refractivity (Wildman–Crippen MR) is 111 cm³/mol. The fraction of sp³-hybridized carbons (Fsp3) is 0.238. The van der Waals surface area contributed by atoms with Crippen LogP contribution in [0.2, 0.25) is 10.0 Å². The van der Waals surface area contributed by atoms with Crippen LogP contribution in [0.5, 0.6) is 0 Å². The fourth-order valence-electron chi connectivity index (χ4n) is 2.92. The highest BCUT2D eigenvalue weighted by Crippen LogP contribution is 2.33. The molecular weight excluding hydrogens is 399 g/mol. The minimum Gasteiger partial charge on any atom is -0.477 e. The molecule has 7 heteroatoms. The van der Waals surface area contributed by atoms with Crippen LogP contribution in [0.4, 0.5) is 5.69 Å². The molecule has 0 bridgehead atoms. The summed E-state index contributed by atoms with van der Waals surface area (Å²) < 4.78 is 5.71. The fourth-order valence-corrected chi connectivity index (χ4v) is 3.27. The summed E-state index contributed by atoms with van der Waals surface area (Å²) in [6.07, 6.45) is 0. The van der Waals surface area contributed by atoms with E-state index in [1.54, 1.807) is 39.0 Å². The lowest BCUT2D eigenvalue weighted by Gasteiger charge is -2.40. The van der Waals surface area contributed by atoms with Gasteiger partial charge < -0.3 is 10.1 Å². The largest absolute Gasteiger partial charge is 0.477 e. The Labute approximate surface area is 173 Å². The zero-order chi connectivity index (χ0) is 20.5. The standard InChI is InChI=1S/C21H20Cl2N2O3/c1-13-17(14-8-5-4-6-9-14)19(26)25(12-28-13)21(2,3)20(27)24-16-11-7-10-15(22)18(16)23/h4-11H,12H2,1-3H3,(H,24,27). The first-order valence-electron chi connectivity index (χ1n) is 8.70. The van der Waals surface area contributed by atoms with Crippen molar-refractivity contribution < 1.29 is 14.3 Å². The summed E-state index contributed by atoms with van der Waals surface area (Å²) in [5.74, 6) is -0.144. The van der Waals surface area contributed by atoms with Crippen molar-refractivity contribution in [3.8, 4) is 0 Å². The molecule has 28 heavy (non-hydrogen) atoms. The van der Waals surface area contributed by atoms with Gasteiger partial charge in [0.1, 0.15) is 11.3 Å². The van der Waals surface area contributed by atoms with Crippen LogP contribution in [-0.2, 0) is 14.3 Å². The first-order chi connectivity index (χ1) is 13.2. The van der Waals surface area contributed by atoms with Gasteiger partial charge in [-0.15, -0.1) is 0 Å². The molecule has 0 spiro atoms. The van der Waals surface area contributed by atoms with Crippen molar-refractivity contribution in [1.29, 1.82) is 0 Å². The number of carbonyl (C=O) groups excluding carboxylic acids is 2. The number of allylic oxidation sites excluding steroid dienone is 1. The molecule has 5 nitrogen and oxygen atoms in total. The Balaban J connectivity index is 1.88. The van der Waals surface area contributed by atoms with Crippen molar-refractivity contribution in [3.63, 3.8) is 0 Å². The van der Waals surface area contributed by atoms with Gasteiger partial charge >= 0.3 is 0 Å². The third kappa shape index (κ3) is 3.73. The molecule has 3 rings (SSSR count). The number of halogens is 2. The van der Waals surface area contributed by atoms with E-state index in [4.69, 9.17) is 27.9 Å². The van der Waals surface area contributed by atoms with Gasteiger partial charge in [0.2, 0.25) is 5.91 Å². The number of nitrogens with zero attached hydrogens (tertiary/aromatic N) is 1. The number of rotatable bonds is 4. The molecule has 1 heterocycles. The van der Waals surface area contributed by atoms with E-state index in [9.17, 15) is 9.59 Å². The van der Waals surface area contributed by atoms with Gasteiger partial charge in [-0.25, -0.2) is 0 Å². The Bertz CT molecular complexity index is 955. The first kappa shape index (κ1) is 20.2. The van der Waals surface area contributed by atoms with Crippen LogP contribution < -0.4 is 5.32 Å². The maximum Gasteiger partial charge on any atom is 0.261 e. The van der Waals surface area contributed by atoms with Gasteiger partial charge in [-0.3, -0.25) is 14.5 Å². The number of ether oxygens (including phenoxy) is 1. The van der Waals surface area contributed by atoms with Gasteiger partial charge in [0.25, 0.3) is 5.91 Å². The maximum atomic E-state index is 13.2. The second-order valence-corrected chi connectivity index (χ2v) is 7.70. The van der Waals surface area contributed by atoms with Crippen molar-refractivity contribution in [2.75, 3.05) is 12.0 Å². The van der Waals surface area contributed by atoms with Gasteiger partial charge in [-0.1, -0.05) is 59.6 Å². The Morgan fingerprint density at radius 1 is 1.11 bits per heavy atom. The zero-order valence-corrected chi connectivity index (χ0v) is 17.3. The van der Waals surface area contributed by atoms with Crippen molar-refractivity contribution in [1.82, 2.24) is 4.90 Å². The zero-order valence-electron chi connectivity index (χ0n) is 15.8. The lowest BCUT2D eigenvalue weighted by Crippen LogP contribution is -2.57. The number of hydrogen-bond donors (Lipinski definition) is 1. The minimum atomic E-state index is -1.19. The highest BCUT2D eigenvalue weighted by Gasteiger charge is 2.42. The molecule has 0 atom stereocenters. The summed E-state index contributed by atoms with van der Waals surface area (Å²) in [4.78, 5) is 27.6. The third-order valence-corrected chi connectivity index (χ3v) is 5.53. The van der Waals surface area contributed by atoms with E-state index in [0.29, 0.717) is 22.0 Å². The molecular formula is C21H20Cl2N2O3. The van der Waals surface area contributed by atoms with Crippen LogP contribution in [0.1, 0.15) is 26.3 Å². The SMILES string of the molecule is CC1=C(c2ccccc2)C(=O)N(C(C)(C)C(=O)Nc2cccc(Cl)c2Cl)CO1. The van der Waals surface area contributed by atoms with E-state index in [2.05, 4.69) is 5.32 Å². The van der Waals surface area contributed by atoms with Gasteiger partial charge in [0.05, 0.1) is 21.3 Å². The second-order valence-electron chi connectivity index (χ2n) is 6.92. The number of hydrogen-bond acceptors (Lipinski definition) is 3. The van der Waals surface area contributed by atoms with Crippen LogP contribution in [0.3, 0.4) is 0 Å². The van der Waals surface area contributed by atoms with Crippen LogP contribution >= 0.6 is 23.2 Å². The summed E-state index contributed by atoms with van der Waals surface area (Å²) >= 11 is 12.2. The molecule has 1 aliphatic heterocycles. The number of carbonyl (C=O) groups is 2. The molecule has 0 saturated carbocycles. The molecule has 0 unspecified atom stereocenters. The van der Waals surface area contributed by atoms with Crippen molar-refractivity contribution >= 4 is 46.3 Å². The topological polar surface area (TPSA) is 58.6 Å². The van der Waals surface area contributed by atoms with E-state index >= 15 is 0 Å². The summed E-state index contributed by atoms with van der Waals surface area (Å²) in [5.41, 5.74) is 0.369. The lowest BCUT2D eigenvalue weighted by atomic mass is 9.96. The lowest BCUT2D eigenvalue weighted by molar-refractivity contribution is -0.147. The average Bonchev–Trinajstić information content (AvgIpc) is 2.66. The molecule has 1 N–H and O–H groups in total. The first-order valence-corrected chi connectivity index (χ1v) is 9.45. The molecule has 0 saturated heterocycles. The van der Waals surface area contributed by atoms with Crippen LogP contribution in [0.25, 0.3) is 5.57 Å². The minimum absolute atomic E-state index is 0.0231. The quantitative estimate of drug-likeness (QED) is 0.762. The van der Waals surface area contributed by atoms with E-state index in [0.717, 1.165) is 5.56 Å². The highest BCUT2D eigenvalue weighted by atomic mass is 35.5. The molecule has 2 aromatic carbocycles. The molecule has 2 amide bonds. The van der Waals surface area contributed by atoms with Gasteiger partial charge in [0, 0.05) is 0 Å². The molecule has 146 valence electrons. The average molecular weight is 419 g/mol. The third-order valence-electron chi connectivity index (χ3n) is 4.71. The molecule has 0 radical (unpaired) electrons. The Hall–Kier alpha value is -2.50. The van der Waals surface area contributed by atoms with Gasteiger partial charge in [-0.05, 0) is 38.5 Å². The van der Waals surface area contributed by atoms with E-state index < -0.39 is 11.4 Å². The maximum absolute atomic E-state index is 13.2. The summed E-state index contributed by atoms with van der Waals surface area (Å²) in [6, 6.07) is 14.2. The molecule has 0 aliphatic carbocycles. The highest BCUT2D eigenvalue weighted by molar-refractivity contribution is 6.44. The number of benzene rings is 2. The number of nitrogens with one attached hydrogen (secondary N) is 1. The Morgan fingerprint density at radius 2 is 1.79 bits per heavy atom. The van der Waals surface area contributed by atoms with Crippen LogP contribution in [-0.4, -0.2) is 29.0 Å². The molecule has 1 aliphatic rings. The summed E-state index contributed by atoms with van der Waals surface area (Å²) in [6.45, 7) is 5.04. The van der Waals surface area contributed by atoms with Crippen molar-refractivity contribution in [2.24, 2.45) is 0 Å². The van der Waals surface area contributed by atoms with E-state index in [1.807, 2.05) is 30.3 Å². The van der Waals surface area contributed by atoms with Gasteiger partial charge in [0.15, 0.2) is 6.73 Å². The monoisotopic (exact) mass is 418 g/mol. The van der Waals surface area contributed by atoms with Crippen LogP contribution in [0, 0.1) is 0 Å². The number of amides is 2. The Kier molecular flexibility index (Phi) is 5.68. The Morgan fingerprint density at radius 3 is 2.46 bits per heavy atom. The summed E-state index contributed by atoms with van der Waals surface area (Å²) in [5, 5.41) is 3.33. The molecule has 0 aromatic heterocycles. The van der Waals surface area contributed by atoms with Crippen LogP contribution in [0.15, 0.2) is 54.3 Å². The predicted octanol–water partition coefficient (Wildman–Crippen LogP) is 4.96. The summed E-state index contributed by atoms with van der Waals surface area (Å²) in [7, 11) is 0. The van der Waals surface area contributed by atoms with Crippen molar-refractivity contribution in [2.45, 2.75) is 26.3 Å². The normalized spacial score (nSPS) is 14.8. The second kappa shape index (κ2) is 7.86. The molecule has 0 fully saturated rings. The number of anilines is 1. The van der Waals surface area contributed by atoms with E-state index in [-0.39, 0.29) is 17.7 Å². The van der Waals surface area contributed by atoms with Crippen molar-refractivity contribution in [3.05, 3.63) is 69.9 Å². The van der Waals surface area contributed by atoms with E-state index in [1.165, 1.54) is 4.90 Å². The molecule has 2 aromatic rings. The smallest absolute Gasteiger partial charge is 0.261 e. The van der Waals surface area contributed by atoms with Gasteiger partial charge in [-0.2, -0.15) is 0 Å².